The molecule has 0 bridgehead atoms. The van der Waals surface area contributed by atoms with Gasteiger partial charge in [0.25, 0.3) is 0 Å². The Balaban J connectivity index is 1.99. The quantitative estimate of drug-likeness (QED) is 0.408. The molecule has 1 aliphatic carbocycles. The van der Waals surface area contributed by atoms with Gasteiger partial charge in [0.1, 0.15) is 24.2 Å². The molecule has 7 heteroatoms. The number of nitrogens with two attached hydrogens (primary N) is 2. The van der Waals surface area contributed by atoms with Crippen LogP contribution in [0, 0.1) is 17.2 Å². The van der Waals surface area contributed by atoms with Crippen LogP contribution >= 0.6 is 0 Å². The number of hydrogen-bond donors (Lipinski definition) is 3. The van der Waals surface area contributed by atoms with Crippen molar-refractivity contribution in [2.24, 2.45) is 16.6 Å². The van der Waals surface area contributed by atoms with Crippen molar-refractivity contribution in [1.29, 1.82) is 5.26 Å². The summed E-state index contributed by atoms with van der Waals surface area (Å²) in [7, 11) is 0. The lowest BCUT2D eigenvalue weighted by atomic mass is 10.2. The number of anilines is 1. The summed E-state index contributed by atoms with van der Waals surface area (Å²) in [5.41, 5.74) is 11.7. The number of nitrogen functional groups attached to an aromatic ring is 1. The van der Waals surface area contributed by atoms with Crippen LogP contribution in [0.4, 0.5) is 5.69 Å². The van der Waals surface area contributed by atoms with Crippen LogP contribution in [0.5, 0.6) is 5.75 Å². The average Bonchev–Trinajstić information content (AvgIpc) is 3.33. The third-order valence-electron chi connectivity index (χ3n) is 3.05. The molecule has 1 aromatic carbocycles. The molecule has 1 aromatic rings. The van der Waals surface area contributed by atoms with Crippen LogP contribution < -0.4 is 21.5 Å². The number of nitrogens with zero attached hydrogens (tertiary/aromatic N) is 2. The summed E-state index contributed by atoms with van der Waals surface area (Å²) in [4.78, 5) is 15.6. The summed E-state index contributed by atoms with van der Waals surface area (Å²) >= 11 is 0. The van der Waals surface area contributed by atoms with Crippen LogP contribution in [0.25, 0.3) is 0 Å². The predicted octanol–water partition coefficient (Wildman–Crippen LogP) is 0.874. The lowest BCUT2D eigenvalue weighted by Gasteiger charge is -2.08. The molecule has 5 N–H and O–H groups in total. The van der Waals surface area contributed by atoms with E-state index >= 15 is 0 Å². The summed E-state index contributed by atoms with van der Waals surface area (Å²) in [5.74, 6) is 0.743. The minimum atomic E-state index is -0.0675. The first kappa shape index (κ1) is 15.4. The highest BCUT2D eigenvalue weighted by molar-refractivity contribution is 5.82. The Kier molecular flexibility index (Phi) is 4.98. The van der Waals surface area contributed by atoms with Crippen molar-refractivity contribution in [2.45, 2.75) is 12.8 Å². The molecule has 0 radical (unpaired) electrons. The molecule has 0 spiro atoms. The fourth-order valence-corrected chi connectivity index (χ4v) is 1.76. The van der Waals surface area contributed by atoms with Gasteiger partial charge in [-0.25, -0.2) is 4.99 Å². The monoisotopic (exact) mass is 299 g/mol. The number of hydrogen-bond acceptors (Lipinski definition) is 5. The Morgan fingerprint density at radius 1 is 1.55 bits per heavy atom. The molecule has 0 aromatic heterocycles. The summed E-state index contributed by atoms with van der Waals surface area (Å²) in [6.45, 7) is 0.135. The van der Waals surface area contributed by atoms with E-state index in [0.717, 1.165) is 19.2 Å². The van der Waals surface area contributed by atoms with Gasteiger partial charge in [0.05, 0.1) is 11.9 Å². The Morgan fingerprint density at radius 3 is 2.95 bits per heavy atom. The van der Waals surface area contributed by atoms with Crippen LogP contribution in [-0.2, 0) is 4.79 Å². The second-order valence-electron chi connectivity index (χ2n) is 4.81. The molecule has 0 saturated heterocycles. The molecule has 22 heavy (non-hydrogen) atoms. The van der Waals surface area contributed by atoms with E-state index in [2.05, 4.69) is 10.3 Å². The van der Waals surface area contributed by atoms with Gasteiger partial charge in [-0.2, -0.15) is 5.26 Å². The normalized spacial score (nSPS) is 14.6. The molecule has 7 nitrogen and oxygen atoms in total. The van der Waals surface area contributed by atoms with Gasteiger partial charge >= 0.3 is 0 Å². The topological polar surface area (TPSA) is 127 Å². The highest BCUT2D eigenvalue weighted by Gasteiger charge is 2.29. The first-order chi connectivity index (χ1) is 10.6. The van der Waals surface area contributed by atoms with Gasteiger partial charge in [0.2, 0.25) is 5.91 Å². The zero-order valence-corrected chi connectivity index (χ0v) is 12.0. The summed E-state index contributed by atoms with van der Waals surface area (Å²) in [6.07, 6.45) is 4.49. The molecule has 2 rings (SSSR count). The van der Waals surface area contributed by atoms with E-state index < -0.39 is 0 Å². The van der Waals surface area contributed by atoms with Gasteiger partial charge in [-0.1, -0.05) is 0 Å². The zero-order chi connectivity index (χ0) is 15.9. The zero-order valence-electron chi connectivity index (χ0n) is 12.0. The third kappa shape index (κ3) is 4.24. The number of carbonyl (C=O) groups excluding carboxylic acids is 1. The van der Waals surface area contributed by atoms with Crippen LogP contribution in [-0.4, -0.2) is 18.9 Å². The highest BCUT2D eigenvalue weighted by Crippen LogP contribution is 2.29. The number of nitriles is 1. The van der Waals surface area contributed by atoms with E-state index in [4.69, 9.17) is 21.5 Å². The fourth-order valence-electron chi connectivity index (χ4n) is 1.76. The summed E-state index contributed by atoms with van der Waals surface area (Å²) in [6, 6.07) is 6.81. The number of nitrogens with one attached hydrogen (secondary N) is 1. The van der Waals surface area contributed by atoms with E-state index in [-0.39, 0.29) is 18.4 Å². The summed E-state index contributed by atoms with van der Waals surface area (Å²) in [5, 5.41) is 11.7. The molecular weight excluding hydrogens is 282 g/mol. The van der Waals surface area contributed by atoms with Crippen molar-refractivity contribution >= 4 is 17.9 Å². The molecule has 1 aliphatic rings. The molecule has 1 amide bonds. The third-order valence-corrected chi connectivity index (χ3v) is 3.05. The predicted molar refractivity (Wildman–Crippen MR) is 82.7 cm³/mol. The Morgan fingerprint density at radius 2 is 2.32 bits per heavy atom. The Labute approximate surface area is 128 Å². The maximum absolute atomic E-state index is 11.7. The van der Waals surface area contributed by atoms with Gasteiger partial charge in [0, 0.05) is 11.6 Å². The first-order valence-electron chi connectivity index (χ1n) is 6.81. The minimum Gasteiger partial charge on any atom is -0.488 e. The van der Waals surface area contributed by atoms with Crippen molar-refractivity contribution in [1.82, 2.24) is 5.32 Å². The van der Waals surface area contributed by atoms with Crippen molar-refractivity contribution in [3.8, 4) is 11.8 Å². The fraction of sp³-hybridized carbons (Fsp3) is 0.267. The van der Waals surface area contributed by atoms with Crippen molar-refractivity contribution in [3.63, 3.8) is 0 Å². The Hall–Kier alpha value is -3.01. The maximum atomic E-state index is 11.7. The van der Waals surface area contributed by atoms with Crippen LogP contribution in [0.1, 0.15) is 18.4 Å². The molecular formula is C15H17N5O2. The van der Waals surface area contributed by atoms with E-state index in [1.165, 1.54) is 6.07 Å². The van der Waals surface area contributed by atoms with Crippen LogP contribution in [0.3, 0.4) is 0 Å². The lowest BCUT2D eigenvalue weighted by Crippen LogP contribution is -2.24. The van der Waals surface area contributed by atoms with Gasteiger partial charge < -0.3 is 21.5 Å². The van der Waals surface area contributed by atoms with E-state index in [1.807, 2.05) is 6.07 Å². The van der Waals surface area contributed by atoms with Crippen molar-refractivity contribution < 1.29 is 9.53 Å². The largest absolute Gasteiger partial charge is 0.488 e. The lowest BCUT2D eigenvalue weighted by molar-refractivity contribution is -0.121. The number of carbonyl (C=O) groups is 1. The van der Waals surface area contributed by atoms with Crippen LogP contribution in [0.2, 0.25) is 0 Å². The molecule has 0 aliphatic heterocycles. The number of rotatable bonds is 6. The Bertz CT molecular complexity index is 656. The SMILES string of the molecule is N#Cc1cc(N)ccc1OC/C=C(\N=CN)NC(=O)C1CC1. The van der Waals surface area contributed by atoms with Crippen molar-refractivity contribution in [3.05, 3.63) is 35.7 Å². The number of amides is 1. The summed E-state index contributed by atoms with van der Waals surface area (Å²) < 4.78 is 5.50. The van der Waals surface area contributed by atoms with Crippen molar-refractivity contribution in [2.75, 3.05) is 12.3 Å². The molecule has 0 heterocycles. The molecule has 0 atom stereocenters. The van der Waals surface area contributed by atoms with Gasteiger partial charge in [-0.05, 0) is 37.1 Å². The van der Waals surface area contributed by atoms with E-state index in [0.29, 0.717) is 22.8 Å². The molecule has 114 valence electrons. The van der Waals surface area contributed by atoms with E-state index in [9.17, 15) is 4.79 Å². The number of ether oxygens (including phenoxy) is 1. The van der Waals surface area contributed by atoms with Crippen LogP contribution in [0.15, 0.2) is 35.1 Å². The number of aliphatic imine (C=N–C) groups is 1. The van der Waals surface area contributed by atoms with Gasteiger partial charge in [-0.15, -0.1) is 0 Å². The smallest absolute Gasteiger partial charge is 0.228 e. The van der Waals surface area contributed by atoms with Gasteiger partial charge in [0.15, 0.2) is 0 Å². The molecule has 1 fully saturated rings. The van der Waals surface area contributed by atoms with E-state index in [1.54, 1.807) is 18.2 Å². The minimum absolute atomic E-state index is 0.0675. The maximum Gasteiger partial charge on any atom is 0.228 e. The molecule has 1 saturated carbocycles. The second kappa shape index (κ2) is 7.13. The average molecular weight is 299 g/mol. The molecule has 0 unspecified atom stereocenters. The number of benzene rings is 1. The second-order valence-corrected chi connectivity index (χ2v) is 4.81. The first-order valence-corrected chi connectivity index (χ1v) is 6.81. The highest BCUT2D eigenvalue weighted by atomic mass is 16.5. The van der Waals surface area contributed by atoms with Gasteiger partial charge in [-0.3, -0.25) is 4.79 Å². The standard InChI is InChI=1S/C15H17N5O2/c16-8-11-7-12(18)3-4-13(11)22-6-5-14(19-9-17)20-15(21)10-1-2-10/h3-5,7,9-10H,1-2,6,18H2,(H2,17,19)(H,20,21)/b14-5+.